The molecular formula is C17H17N3O5S2. The Morgan fingerprint density at radius 2 is 1.44 bits per heavy atom. The molecule has 0 atom stereocenters. The van der Waals surface area contributed by atoms with Crippen molar-refractivity contribution in [2.24, 2.45) is 0 Å². The first-order valence-electron chi connectivity index (χ1n) is 7.71. The molecular weight excluding hydrogens is 390 g/mol. The second-order valence-electron chi connectivity index (χ2n) is 5.90. The monoisotopic (exact) mass is 407 g/mol. The first-order valence-corrected chi connectivity index (χ1v) is 11.5. The van der Waals surface area contributed by atoms with E-state index in [-0.39, 0.29) is 15.9 Å². The molecule has 3 rings (SSSR count). The molecule has 1 heterocycles. The quantitative estimate of drug-likeness (QED) is 0.634. The fraction of sp³-hybridized carbons (Fsp3) is 0.176. The van der Waals surface area contributed by atoms with Crippen LogP contribution in [0.4, 0.5) is 0 Å². The highest BCUT2D eigenvalue weighted by Gasteiger charge is 2.20. The minimum Gasteiger partial charge on any atom is -0.497 e. The van der Waals surface area contributed by atoms with Crippen LogP contribution in [0, 0.1) is 0 Å². The Morgan fingerprint density at radius 1 is 0.852 bits per heavy atom. The molecule has 0 saturated carbocycles. The summed E-state index contributed by atoms with van der Waals surface area (Å²) in [4.78, 5) is 4.30. The van der Waals surface area contributed by atoms with Crippen molar-refractivity contribution in [1.29, 1.82) is 0 Å². The van der Waals surface area contributed by atoms with E-state index in [2.05, 4.69) is 10.1 Å². The van der Waals surface area contributed by atoms with Gasteiger partial charge in [0.05, 0.1) is 17.7 Å². The molecule has 142 valence electrons. The maximum atomic E-state index is 11.9. The Bertz CT molecular complexity index is 1180. The van der Waals surface area contributed by atoms with Crippen LogP contribution in [0.1, 0.15) is 0 Å². The molecule has 3 aromatic rings. The summed E-state index contributed by atoms with van der Waals surface area (Å²) in [6.45, 7) is 0. The van der Waals surface area contributed by atoms with Crippen molar-refractivity contribution in [2.45, 2.75) is 10.1 Å². The zero-order chi connectivity index (χ0) is 19.8. The van der Waals surface area contributed by atoms with Crippen molar-refractivity contribution < 1.29 is 21.6 Å². The SMILES string of the molecule is COc1ccc(-n2nc(S(C)(=O)=O)nc2-c2ccc(S(C)(=O)=O)cc2)cc1. The lowest BCUT2D eigenvalue weighted by Crippen LogP contribution is -2.02. The highest BCUT2D eigenvalue weighted by Crippen LogP contribution is 2.25. The fourth-order valence-electron chi connectivity index (χ4n) is 2.39. The topological polar surface area (TPSA) is 108 Å². The Hall–Kier alpha value is -2.72. The van der Waals surface area contributed by atoms with E-state index < -0.39 is 19.7 Å². The average molecular weight is 407 g/mol. The number of nitrogens with zero attached hydrogens (tertiary/aromatic N) is 3. The van der Waals surface area contributed by atoms with Gasteiger partial charge >= 0.3 is 0 Å². The summed E-state index contributed by atoms with van der Waals surface area (Å²) in [6, 6.07) is 12.9. The van der Waals surface area contributed by atoms with E-state index >= 15 is 0 Å². The van der Waals surface area contributed by atoms with E-state index in [1.54, 1.807) is 43.5 Å². The standard InChI is InChI=1S/C17H17N3O5S2/c1-25-14-8-6-13(7-9-14)20-16(18-17(19-20)27(3,23)24)12-4-10-15(11-5-12)26(2,21)22/h4-11H,1-3H3. The summed E-state index contributed by atoms with van der Waals surface area (Å²) < 4.78 is 53.6. The Balaban J connectivity index is 2.17. The number of aromatic nitrogens is 3. The van der Waals surface area contributed by atoms with Crippen molar-refractivity contribution in [1.82, 2.24) is 14.8 Å². The number of hydrogen-bond donors (Lipinski definition) is 0. The van der Waals surface area contributed by atoms with Gasteiger partial charge in [-0.15, -0.1) is 5.10 Å². The lowest BCUT2D eigenvalue weighted by Gasteiger charge is -2.07. The van der Waals surface area contributed by atoms with Gasteiger partial charge in [0.1, 0.15) is 5.75 Å². The minimum absolute atomic E-state index is 0.157. The molecule has 0 amide bonds. The first-order chi connectivity index (χ1) is 12.6. The van der Waals surface area contributed by atoms with Crippen molar-refractivity contribution in [3.63, 3.8) is 0 Å². The molecule has 10 heteroatoms. The zero-order valence-corrected chi connectivity index (χ0v) is 16.5. The van der Waals surface area contributed by atoms with Gasteiger partial charge in [-0.25, -0.2) is 21.5 Å². The molecule has 0 spiro atoms. The average Bonchev–Trinajstić information content (AvgIpc) is 3.07. The normalized spacial score (nSPS) is 12.1. The van der Waals surface area contributed by atoms with Crippen LogP contribution in [0.3, 0.4) is 0 Å². The Kier molecular flexibility index (Phi) is 4.79. The Labute approximate surface area is 157 Å². The Morgan fingerprint density at radius 3 is 1.93 bits per heavy atom. The molecule has 8 nitrogen and oxygen atoms in total. The van der Waals surface area contributed by atoms with Crippen molar-refractivity contribution >= 4 is 19.7 Å². The summed E-state index contributed by atoms with van der Waals surface area (Å²) in [5, 5.41) is 3.79. The molecule has 0 aliphatic heterocycles. The van der Waals surface area contributed by atoms with Crippen LogP contribution in [-0.2, 0) is 19.7 Å². The summed E-state index contributed by atoms with van der Waals surface area (Å²) in [6.07, 6.45) is 2.14. The molecule has 0 saturated heterocycles. The summed E-state index contributed by atoms with van der Waals surface area (Å²) in [5.74, 6) is 0.918. The predicted molar refractivity (Wildman–Crippen MR) is 99.6 cm³/mol. The number of sulfone groups is 2. The van der Waals surface area contributed by atoms with Gasteiger partial charge in [0, 0.05) is 18.1 Å². The second kappa shape index (κ2) is 6.78. The van der Waals surface area contributed by atoms with Gasteiger partial charge in [-0.3, -0.25) is 0 Å². The van der Waals surface area contributed by atoms with Crippen LogP contribution in [0.25, 0.3) is 17.1 Å². The summed E-state index contributed by atoms with van der Waals surface area (Å²) in [5.41, 5.74) is 1.11. The van der Waals surface area contributed by atoms with E-state index in [1.807, 2.05) is 0 Å². The summed E-state index contributed by atoms with van der Waals surface area (Å²) >= 11 is 0. The van der Waals surface area contributed by atoms with E-state index in [0.717, 1.165) is 12.5 Å². The van der Waals surface area contributed by atoms with Gasteiger partial charge in [0.15, 0.2) is 15.7 Å². The molecule has 2 aromatic carbocycles. The van der Waals surface area contributed by atoms with Crippen LogP contribution >= 0.6 is 0 Å². The molecule has 1 aromatic heterocycles. The predicted octanol–water partition coefficient (Wildman–Crippen LogP) is 1.75. The number of methoxy groups -OCH3 is 1. The third-order valence-electron chi connectivity index (χ3n) is 3.78. The van der Waals surface area contributed by atoms with Crippen molar-refractivity contribution in [3.8, 4) is 22.8 Å². The lowest BCUT2D eigenvalue weighted by molar-refractivity contribution is 0.414. The van der Waals surface area contributed by atoms with Crippen LogP contribution in [0.15, 0.2) is 58.6 Å². The number of benzene rings is 2. The van der Waals surface area contributed by atoms with Crippen LogP contribution < -0.4 is 4.74 Å². The maximum absolute atomic E-state index is 11.9. The number of hydrogen-bond acceptors (Lipinski definition) is 7. The maximum Gasteiger partial charge on any atom is 0.267 e. The molecule has 0 bridgehead atoms. The van der Waals surface area contributed by atoms with Gasteiger partial charge in [-0.05, 0) is 48.5 Å². The molecule has 0 N–H and O–H groups in total. The zero-order valence-electron chi connectivity index (χ0n) is 14.8. The minimum atomic E-state index is -3.63. The van der Waals surface area contributed by atoms with Gasteiger partial charge in [-0.2, -0.15) is 4.98 Å². The van der Waals surface area contributed by atoms with E-state index in [0.29, 0.717) is 17.0 Å². The van der Waals surface area contributed by atoms with Crippen molar-refractivity contribution in [3.05, 3.63) is 48.5 Å². The highest BCUT2D eigenvalue weighted by molar-refractivity contribution is 7.90. The van der Waals surface area contributed by atoms with Gasteiger partial charge in [0.2, 0.25) is 9.84 Å². The van der Waals surface area contributed by atoms with Crippen molar-refractivity contribution in [2.75, 3.05) is 19.6 Å². The van der Waals surface area contributed by atoms with Crippen LogP contribution in [0.2, 0.25) is 0 Å². The molecule has 0 aliphatic rings. The van der Waals surface area contributed by atoms with Crippen LogP contribution in [0.5, 0.6) is 5.75 Å². The fourth-order valence-corrected chi connectivity index (χ4v) is 3.50. The van der Waals surface area contributed by atoms with E-state index in [4.69, 9.17) is 4.74 Å². The number of ether oxygens (including phenoxy) is 1. The smallest absolute Gasteiger partial charge is 0.267 e. The first kappa shape index (κ1) is 19.1. The summed E-state index contributed by atoms with van der Waals surface area (Å²) in [7, 11) is -5.43. The lowest BCUT2D eigenvalue weighted by atomic mass is 10.2. The van der Waals surface area contributed by atoms with Gasteiger partial charge in [0.25, 0.3) is 5.16 Å². The van der Waals surface area contributed by atoms with E-state index in [1.165, 1.54) is 16.8 Å². The molecule has 0 fully saturated rings. The molecule has 0 unspecified atom stereocenters. The third-order valence-corrected chi connectivity index (χ3v) is 5.74. The molecule has 0 aliphatic carbocycles. The molecule has 0 radical (unpaired) electrons. The largest absolute Gasteiger partial charge is 0.497 e. The molecule has 27 heavy (non-hydrogen) atoms. The van der Waals surface area contributed by atoms with Crippen LogP contribution in [-0.4, -0.2) is 51.2 Å². The second-order valence-corrected chi connectivity index (χ2v) is 9.82. The van der Waals surface area contributed by atoms with Gasteiger partial charge in [-0.1, -0.05) is 0 Å². The third kappa shape index (κ3) is 4.01. The highest BCUT2D eigenvalue weighted by atomic mass is 32.2. The van der Waals surface area contributed by atoms with Gasteiger partial charge < -0.3 is 4.74 Å². The van der Waals surface area contributed by atoms with E-state index in [9.17, 15) is 16.8 Å². The number of rotatable bonds is 5.